The van der Waals surface area contributed by atoms with Gasteiger partial charge in [-0.2, -0.15) is 0 Å². The molecule has 2 aliphatic heterocycles. The van der Waals surface area contributed by atoms with Gasteiger partial charge in [0.15, 0.2) is 14.5 Å². The Labute approximate surface area is 261 Å². The summed E-state index contributed by atoms with van der Waals surface area (Å²) in [5, 5.41) is 14.3. The van der Waals surface area contributed by atoms with Gasteiger partial charge in [0, 0.05) is 13.0 Å². The number of amides is 3. The SMILES string of the molecule is CC(C)(C)[Si](C)(C)OC1C(O)[C@@H](COC(C2CCCCC2)(C2CCCCC2)C2CCCCC2)O[C@H]1N1CCC(=O)NC1=O. The number of aliphatic hydroxyl groups excluding tert-OH is 1. The summed E-state index contributed by atoms with van der Waals surface area (Å²) in [6.07, 6.45) is 16.3. The number of aliphatic hydroxyl groups is 1. The molecule has 0 spiro atoms. The van der Waals surface area contributed by atoms with Crippen LogP contribution in [0.3, 0.4) is 0 Å². The molecule has 0 aromatic heterocycles. The van der Waals surface area contributed by atoms with Crippen LogP contribution in [-0.2, 0) is 18.7 Å². The maximum Gasteiger partial charge on any atom is 0.326 e. The van der Waals surface area contributed by atoms with Gasteiger partial charge in [-0.3, -0.25) is 15.0 Å². The van der Waals surface area contributed by atoms with Gasteiger partial charge >= 0.3 is 6.03 Å². The summed E-state index contributed by atoms with van der Waals surface area (Å²) in [6.45, 7) is 11.4. The maximum absolute atomic E-state index is 13.0. The van der Waals surface area contributed by atoms with E-state index in [1.807, 2.05) is 0 Å². The Morgan fingerprint density at radius 2 is 1.35 bits per heavy atom. The number of ether oxygens (including phenoxy) is 2. The minimum absolute atomic E-state index is 0.0793. The average molecular weight is 621 g/mol. The van der Waals surface area contributed by atoms with Crippen molar-refractivity contribution in [1.82, 2.24) is 10.2 Å². The van der Waals surface area contributed by atoms with Crippen LogP contribution in [0.4, 0.5) is 4.79 Å². The molecule has 2 unspecified atom stereocenters. The van der Waals surface area contributed by atoms with Crippen LogP contribution >= 0.6 is 0 Å². The third-order valence-corrected chi connectivity index (χ3v) is 16.6. The number of carbonyl (C=O) groups excluding carboxylic acids is 2. The largest absolute Gasteiger partial charge is 0.407 e. The highest BCUT2D eigenvalue weighted by Crippen LogP contribution is 2.53. The molecule has 5 aliphatic rings. The molecule has 43 heavy (non-hydrogen) atoms. The number of hydrogen-bond donors (Lipinski definition) is 2. The fraction of sp³-hybridized carbons (Fsp3) is 0.941. The van der Waals surface area contributed by atoms with E-state index in [1.54, 1.807) is 4.90 Å². The number of hydrogen-bond acceptors (Lipinski definition) is 6. The topological polar surface area (TPSA) is 97.3 Å². The van der Waals surface area contributed by atoms with Crippen molar-refractivity contribution in [2.75, 3.05) is 13.2 Å². The van der Waals surface area contributed by atoms with Crippen LogP contribution in [0.15, 0.2) is 0 Å². The van der Waals surface area contributed by atoms with Gasteiger partial charge in [-0.25, -0.2) is 4.79 Å². The second-order valence-electron chi connectivity index (χ2n) is 15.9. The summed E-state index contributed by atoms with van der Waals surface area (Å²) in [7, 11) is -2.33. The van der Waals surface area contributed by atoms with E-state index in [9.17, 15) is 14.7 Å². The predicted octanol–water partition coefficient (Wildman–Crippen LogP) is 6.90. The van der Waals surface area contributed by atoms with Gasteiger partial charge in [-0.05, 0) is 74.4 Å². The highest BCUT2D eigenvalue weighted by molar-refractivity contribution is 6.74. The second kappa shape index (κ2) is 13.8. The van der Waals surface area contributed by atoms with E-state index in [-0.39, 0.29) is 29.5 Å². The standard InChI is InChI=1S/C34H60N2O6Si/c1-33(2,3)43(4,5)42-30-29(38)27(41-31(30)36-22-21-28(37)35-32(36)39)23-40-34(24-15-9-6-10-16-24,25-17-11-7-12-18-25)26-19-13-8-14-20-26/h24-27,29-31,38H,6-23H2,1-5H3,(H,35,37,39)/t27-,29?,30?,31-/m1/s1. The Bertz CT molecular complexity index is 905. The van der Waals surface area contributed by atoms with Crippen LogP contribution in [0, 0.1) is 17.8 Å². The number of carbonyl (C=O) groups is 2. The normalized spacial score (nSPS) is 31.4. The van der Waals surface area contributed by atoms with E-state index in [4.69, 9.17) is 13.9 Å². The van der Waals surface area contributed by atoms with Crippen molar-refractivity contribution in [3.63, 3.8) is 0 Å². The van der Waals surface area contributed by atoms with Crippen LogP contribution in [-0.4, -0.2) is 73.6 Å². The average Bonchev–Trinajstić information content (AvgIpc) is 3.28. The fourth-order valence-corrected chi connectivity index (χ4v) is 10.1. The van der Waals surface area contributed by atoms with Gasteiger partial charge in [-0.15, -0.1) is 0 Å². The lowest BCUT2D eigenvalue weighted by molar-refractivity contribution is -0.206. The Morgan fingerprint density at radius 3 is 1.79 bits per heavy atom. The molecule has 2 N–H and O–H groups in total. The van der Waals surface area contributed by atoms with Gasteiger partial charge in [0.2, 0.25) is 5.91 Å². The molecule has 0 radical (unpaired) electrons. The van der Waals surface area contributed by atoms with Crippen molar-refractivity contribution in [3.8, 4) is 0 Å². The van der Waals surface area contributed by atoms with Crippen LogP contribution in [0.1, 0.15) is 124 Å². The molecule has 2 heterocycles. The minimum atomic E-state index is -2.33. The molecular weight excluding hydrogens is 560 g/mol. The zero-order valence-corrected chi connectivity index (χ0v) is 28.7. The first-order valence-electron chi connectivity index (χ1n) is 17.7. The number of imide groups is 1. The van der Waals surface area contributed by atoms with Gasteiger partial charge in [0.25, 0.3) is 0 Å². The first-order chi connectivity index (χ1) is 20.4. The predicted molar refractivity (Wildman–Crippen MR) is 170 cm³/mol. The molecule has 5 fully saturated rings. The highest BCUT2D eigenvalue weighted by Gasteiger charge is 2.56. The van der Waals surface area contributed by atoms with Crippen molar-refractivity contribution in [1.29, 1.82) is 0 Å². The van der Waals surface area contributed by atoms with Crippen molar-refractivity contribution in [2.45, 2.75) is 172 Å². The molecule has 0 aromatic rings. The maximum atomic E-state index is 13.0. The molecule has 0 aromatic carbocycles. The summed E-state index contributed by atoms with van der Waals surface area (Å²) in [4.78, 5) is 26.5. The van der Waals surface area contributed by atoms with Crippen molar-refractivity contribution < 1.29 is 28.6 Å². The summed E-state index contributed by atoms with van der Waals surface area (Å²) < 4.78 is 20.9. The molecule has 4 atom stereocenters. The first-order valence-corrected chi connectivity index (χ1v) is 20.6. The molecule has 246 valence electrons. The van der Waals surface area contributed by atoms with E-state index in [0.29, 0.717) is 24.4 Å². The molecule has 3 aliphatic carbocycles. The Kier molecular flexibility index (Phi) is 10.7. The van der Waals surface area contributed by atoms with Gasteiger partial charge in [0.1, 0.15) is 18.3 Å². The smallest absolute Gasteiger partial charge is 0.326 e. The van der Waals surface area contributed by atoms with Crippen LogP contribution in [0.25, 0.3) is 0 Å². The molecule has 9 heteroatoms. The van der Waals surface area contributed by atoms with Crippen LogP contribution < -0.4 is 5.32 Å². The molecule has 2 saturated heterocycles. The summed E-state index contributed by atoms with van der Waals surface area (Å²) >= 11 is 0. The highest BCUT2D eigenvalue weighted by atomic mass is 28.4. The number of urea groups is 1. The number of nitrogens with one attached hydrogen (secondary N) is 1. The molecule has 0 bridgehead atoms. The Balaban J connectivity index is 1.43. The molecule has 5 rings (SSSR count). The monoisotopic (exact) mass is 620 g/mol. The third kappa shape index (κ3) is 7.06. The van der Waals surface area contributed by atoms with E-state index < -0.39 is 38.9 Å². The zero-order chi connectivity index (χ0) is 30.8. The Hall–Kier alpha value is -1.00. The summed E-state index contributed by atoms with van der Waals surface area (Å²) in [5.41, 5.74) is -0.173. The van der Waals surface area contributed by atoms with E-state index in [0.717, 1.165) is 0 Å². The van der Waals surface area contributed by atoms with Gasteiger partial charge in [0.05, 0.1) is 12.2 Å². The van der Waals surface area contributed by atoms with E-state index in [2.05, 4.69) is 39.2 Å². The first kappa shape index (κ1) is 33.4. The lowest BCUT2D eigenvalue weighted by atomic mass is 9.58. The molecule has 3 amide bonds. The van der Waals surface area contributed by atoms with Crippen molar-refractivity contribution >= 4 is 20.3 Å². The summed E-state index contributed by atoms with van der Waals surface area (Å²) in [6, 6.07) is -0.472. The van der Waals surface area contributed by atoms with E-state index in [1.165, 1.54) is 96.3 Å². The molecule has 8 nitrogen and oxygen atoms in total. The summed E-state index contributed by atoms with van der Waals surface area (Å²) in [5.74, 6) is 1.39. The lowest BCUT2D eigenvalue weighted by Gasteiger charge is -2.54. The van der Waals surface area contributed by atoms with Crippen molar-refractivity contribution in [3.05, 3.63) is 0 Å². The zero-order valence-electron chi connectivity index (χ0n) is 27.7. The van der Waals surface area contributed by atoms with Gasteiger partial charge in [-0.1, -0.05) is 78.6 Å². The third-order valence-electron chi connectivity index (χ3n) is 12.2. The van der Waals surface area contributed by atoms with Crippen LogP contribution in [0.2, 0.25) is 18.1 Å². The second-order valence-corrected chi connectivity index (χ2v) is 20.6. The number of rotatable bonds is 9. The van der Waals surface area contributed by atoms with Gasteiger partial charge < -0.3 is 19.0 Å². The molecular formula is C34H60N2O6Si. The fourth-order valence-electron chi connectivity index (χ4n) is 8.81. The van der Waals surface area contributed by atoms with Crippen LogP contribution in [0.5, 0.6) is 0 Å². The van der Waals surface area contributed by atoms with Crippen molar-refractivity contribution in [2.24, 2.45) is 17.8 Å². The number of nitrogens with zero attached hydrogens (tertiary/aromatic N) is 1. The Morgan fingerprint density at radius 1 is 0.860 bits per heavy atom. The molecule has 3 saturated carbocycles. The minimum Gasteiger partial charge on any atom is -0.407 e. The van der Waals surface area contributed by atoms with E-state index >= 15 is 0 Å². The lowest BCUT2D eigenvalue weighted by Crippen LogP contribution is -2.59. The quantitative estimate of drug-likeness (QED) is 0.272.